The Morgan fingerprint density at radius 2 is 1.63 bits per heavy atom. The number of hydrogen-bond acceptors (Lipinski definition) is 5. The molecule has 3 rings (SSSR count). The lowest BCUT2D eigenvalue weighted by molar-refractivity contribution is -0.127. The molecule has 0 saturated carbocycles. The average Bonchev–Trinajstić information content (AvgIpc) is 3.25. The third-order valence-corrected chi connectivity index (χ3v) is 6.13. The van der Waals surface area contributed by atoms with Crippen LogP contribution in [0.3, 0.4) is 0 Å². The maximum atomic E-state index is 12.9. The van der Waals surface area contributed by atoms with Gasteiger partial charge in [0, 0.05) is 5.56 Å². The summed E-state index contributed by atoms with van der Waals surface area (Å²) < 4.78 is 0. The number of carbonyl (C=O) groups excluding carboxylic acids is 2. The Morgan fingerprint density at radius 1 is 1.00 bits per heavy atom. The van der Waals surface area contributed by atoms with Crippen LogP contribution in [0.2, 0.25) is 0 Å². The summed E-state index contributed by atoms with van der Waals surface area (Å²) >= 11 is 7.60. The van der Waals surface area contributed by atoms with Crippen molar-refractivity contribution in [1.29, 1.82) is 0 Å². The summed E-state index contributed by atoms with van der Waals surface area (Å²) in [4.78, 5) is 25.6. The first kappa shape index (κ1) is 21.9. The maximum absolute atomic E-state index is 12.9. The van der Waals surface area contributed by atoms with Gasteiger partial charge in [0.1, 0.15) is 16.4 Å². The average molecular weight is 443 g/mol. The number of anilines is 1. The Morgan fingerprint density at radius 3 is 2.27 bits per heavy atom. The van der Waals surface area contributed by atoms with Gasteiger partial charge in [0.25, 0.3) is 0 Å². The highest BCUT2D eigenvalue weighted by Crippen LogP contribution is 2.26. The van der Waals surface area contributed by atoms with Crippen LogP contribution in [-0.4, -0.2) is 28.1 Å². The van der Waals surface area contributed by atoms with E-state index in [1.54, 1.807) is 12.1 Å². The molecule has 0 aliphatic heterocycles. The van der Waals surface area contributed by atoms with Crippen LogP contribution in [0.5, 0.6) is 0 Å². The van der Waals surface area contributed by atoms with E-state index in [0.29, 0.717) is 22.1 Å². The molecule has 2 N–H and O–H groups in total. The number of alkyl halides is 1. The number of carbonyl (C=O) groups is 2. The molecule has 6 nitrogen and oxygen atoms in total. The fraction of sp³-hybridized carbons (Fsp3) is 0.273. The zero-order valence-corrected chi connectivity index (χ0v) is 18.3. The van der Waals surface area contributed by atoms with Crippen LogP contribution >= 0.6 is 22.9 Å². The topological polar surface area (TPSA) is 84.0 Å². The monoisotopic (exact) mass is 442 g/mol. The molecule has 0 fully saturated rings. The number of rotatable bonds is 8. The highest BCUT2D eigenvalue weighted by molar-refractivity contribution is 7.18. The summed E-state index contributed by atoms with van der Waals surface area (Å²) in [6, 6.07) is 17.9. The van der Waals surface area contributed by atoms with E-state index >= 15 is 0 Å². The second kappa shape index (κ2) is 10.3. The number of nitrogens with zero attached hydrogens (tertiary/aromatic N) is 2. The number of hydrogen-bond donors (Lipinski definition) is 2. The Kier molecular flexibility index (Phi) is 7.54. The lowest BCUT2D eigenvalue weighted by atomic mass is 9.98. The second-order valence-electron chi connectivity index (χ2n) is 6.91. The molecule has 0 spiro atoms. The molecule has 0 aliphatic carbocycles. The summed E-state index contributed by atoms with van der Waals surface area (Å²) in [5.41, 5.74) is 1.60. The molecule has 3 atom stereocenters. The molecule has 0 aliphatic rings. The van der Waals surface area contributed by atoms with Crippen molar-refractivity contribution in [2.45, 2.75) is 31.7 Å². The number of halogens is 1. The normalized spacial score (nSPS) is 13.8. The third-order valence-electron chi connectivity index (χ3n) is 4.79. The van der Waals surface area contributed by atoms with E-state index in [-0.39, 0.29) is 11.8 Å². The minimum absolute atomic E-state index is 0.0879. The van der Waals surface area contributed by atoms with Crippen LogP contribution in [0.25, 0.3) is 10.6 Å². The third kappa shape index (κ3) is 5.43. The van der Waals surface area contributed by atoms with Gasteiger partial charge in [-0.1, -0.05) is 92.3 Å². The summed E-state index contributed by atoms with van der Waals surface area (Å²) in [5.74, 6) is -0.842. The summed E-state index contributed by atoms with van der Waals surface area (Å²) in [5, 5.41) is 14.0. The predicted octanol–water partition coefficient (Wildman–Crippen LogP) is 4.65. The number of amides is 2. The maximum Gasteiger partial charge on any atom is 0.249 e. The van der Waals surface area contributed by atoms with Crippen LogP contribution in [0.1, 0.15) is 31.2 Å². The van der Waals surface area contributed by atoms with E-state index in [2.05, 4.69) is 20.8 Å². The van der Waals surface area contributed by atoms with Crippen LogP contribution in [0.15, 0.2) is 60.7 Å². The van der Waals surface area contributed by atoms with Gasteiger partial charge in [0.15, 0.2) is 0 Å². The molecule has 2 amide bonds. The van der Waals surface area contributed by atoms with Gasteiger partial charge in [-0.05, 0) is 11.5 Å². The summed E-state index contributed by atoms with van der Waals surface area (Å²) in [6.45, 7) is 3.87. The highest BCUT2D eigenvalue weighted by atomic mass is 35.5. The van der Waals surface area contributed by atoms with Gasteiger partial charge in [-0.2, -0.15) is 0 Å². The van der Waals surface area contributed by atoms with E-state index in [9.17, 15) is 9.59 Å². The van der Waals surface area contributed by atoms with Crippen molar-refractivity contribution in [2.24, 2.45) is 5.92 Å². The van der Waals surface area contributed by atoms with Crippen molar-refractivity contribution in [1.82, 2.24) is 15.5 Å². The van der Waals surface area contributed by atoms with E-state index in [1.165, 1.54) is 11.3 Å². The molecule has 0 radical (unpaired) electrons. The molecule has 30 heavy (non-hydrogen) atoms. The molecule has 0 saturated heterocycles. The largest absolute Gasteiger partial charge is 0.342 e. The highest BCUT2D eigenvalue weighted by Gasteiger charge is 2.29. The fourth-order valence-corrected chi connectivity index (χ4v) is 3.82. The zero-order chi connectivity index (χ0) is 21.5. The number of aromatic nitrogens is 2. The summed E-state index contributed by atoms with van der Waals surface area (Å²) in [6.07, 6.45) is 0.710. The van der Waals surface area contributed by atoms with E-state index < -0.39 is 17.3 Å². The van der Waals surface area contributed by atoms with Crippen molar-refractivity contribution in [3.8, 4) is 10.6 Å². The lowest BCUT2D eigenvalue weighted by Crippen LogP contribution is -2.48. The molecule has 3 unspecified atom stereocenters. The minimum Gasteiger partial charge on any atom is -0.342 e. The van der Waals surface area contributed by atoms with Gasteiger partial charge in [-0.15, -0.1) is 21.8 Å². The van der Waals surface area contributed by atoms with E-state index in [0.717, 1.165) is 5.56 Å². The van der Waals surface area contributed by atoms with Crippen LogP contribution in [0, 0.1) is 5.92 Å². The molecular formula is C22H23ClN4O2S. The van der Waals surface area contributed by atoms with Crippen molar-refractivity contribution >= 4 is 39.9 Å². The predicted molar refractivity (Wildman–Crippen MR) is 120 cm³/mol. The standard InChI is InChI=1S/C22H23ClN4O2S/c1-3-14(2)18(24-19(28)17(23)15-10-6-4-7-11-15)20(29)25-22-27-26-21(30-22)16-12-8-5-9-13-16/h4-14,17-18H,3H2,1-2H3,(H,24,28)(H,25,27,29). The Labute approximate surface area is 184 Å². The molecular weight excluding hydrogens is 420 g/mol. The van der Waals surface area contributed by atoms with Gasteiger partial charge in [-0.25, -0.2) is 0 Å². The van der Waals surface area contributed by atoms with Crippen LogP contribution in [0.4, 0.5) is 5.13 Å². The van der Waals surface area contributed by atoms with Crippen LogP contribution in [-0.2, 0) is 9.59 Å². The Balaban J connectivity index is 1.70. The Hall–Kier alpha value is -2.77. The molecule has 2 aromatic carbocycles. The second-order valence-corrected chi connectivity index (χ2v) is 8.33. The molecule has 156 valence electrons. The molecule has 8 heteroatoms. The first-order valence-corrected chi connectivity index (χ1v) is 10.9. The van der Waals surface area contributed by atoms with Gasteiger partial charge in [0.2, 0.25) is 16.9 Å². The summed E-state index contributed by atoms with van der Waals surface area (Å²) in [7, 11) is 0. The van der Waals surface area contributed by atoms with Gasteiger partial charge in [0.05, 0.1) is 0 Å². The zero-order valence-electron chi connectivity index (χ0n) is 16.7. The van der Waals surface area contributed by atoms with Crippen molar-refractivity contribution < 1.29 is 9.59 Å². The SMILES string of the molecule is CCC(C)C(NC(=O)C(Cl)c1ccccc1)C(=O)Nc1nnc(-c2ccccc2)s1. The number of benzene rings is 2. The van der Waals surface area contributed by atoms with Crippen molar-refractivity contribution in [2.75, 3.05) is 5.32 Å². The number of nitrogens with one attached hydrogen (secondary N) is 2. The smallest absolute Gasteiger partial charge is 0.249 e. The van der Waals surface area contributed by atoms with Crippen LogP contribution < -0.4 is 10.6 Å². The van der Waals surface area contributed by atoms with E-state index in [4.69, 9.17) is 11.6 Å². The van der Waals surface area contributed by atoms with Crippen molar-refractivity contribution in [3.63, 3.8) is 0 Å². The minimum atomic E-state index is -0.878. The van der Waals surface area contributed by atoms with Gasteiger partial charge in [-0.3, -0.25) is 14.9 Å². The molecule has 0 bridgehead atoms. The van der Waals surface area contributed by atoms with E-state index in [1.807, 2.05) is 62.4 Å². The quantitative estimate of drug-likeness (QED) is 0.497. The molecule has 3 aromatic rings. The fourth-order valence-electron chi connectivity index (χ4n) is 2.86. The first-order valence-electron chi connectivity index (χ1n) is 9.68. The lowest BCUT2D eigenvalue weighted by Gasteiger charge is -2.24. The van der Waals surface area contributed by atoms with Crippen molar-refractivity contribution in [3.05, 3.63) is 66.2 Å². The van der Waals surface area contributed by atoms with Gasteiger partial charge >= 0.3 is 0 Å². The molecule has 1 heterocycles. The first-order chi connectivity index (χ1) is 14.5. The Bertz CT molecular complexity index is 981. The molecule has 1 aromatic heterocycles. The van der Waals surface area contributed by atoms with Gasteiger partial charge < -0.3 is 5.32 Å².